The Labute approximate surface area is 178 Å². The zero-order valence-electron chi connectivity index (χ0n) is 16.8. The number of para-hydroxylation sites is 2. The van der Waals surface area contributed by atoms with Crippen LogP contribution in [0.3, 0.4) is 0 Å². The van der Waals surface area contributed by atoms with Crippen LogP contribution in [0.5, 0.6) is 0 Å². The predicted octanol–water partition coefficient (Wildman–Crippen LogP) is 1.03. The largest absolute Gasteiger partial charge is 0.368 e. The van der Waals surface area contributed by atoms with Crippen molar-refractivity contribution in [3.63, 3.8) is 0 Å². The van der Waals surface area contributed by atoms with Crippen molar-refractivity contribution in [2.75, 3.05) is 0 Å². The fourth-order valence-corrected chi connectivity index (χ4v) is 3.14. The molecule has 0 bridgehead atoms. The second-order valence-corrected chi connectivity index (χ2v) is 7.07. The van der Waals surface area contributed by atoms with E-state index in [0.29, 0.717) is 16.7 Å². The van der Waals surface area contributed by atoms with E-state index >= 15 is 0 Å². The van der Waals surface area contributed by atoms with Crippen LogP contribution in [0.25, 0.3) is 11.0 Å². The van der Waals surface area contributed by atoms with Crippen molar-refractivity contribution in [3.8, 4) is 0 Å². The standard InChI is InChI=1S/C22H22FN5O3/c1-13(29)26-20(10-14-6-2-3-7-16(14)23)22(31)28-19(21(24)30)11-15-12-25-17-8-4-5-9-18(17)27-15/h2-9,12,19-20H,10-11H2,1H3,(H2,24,30)(H,26,29)(H,28,31)/t19-,20-/m1/s1. The Morgan fingerprint density at radius 3 is 2.32 bits per heavy atom. The fraction of sp³-hybridized carbons (Fsp3) is 0.227. The van der Waals surface area contributed by atoms with Crippen molar-refractivity contribution in [2.45, 2.75) is 31.8 Å². The van der Waals surface area contributed by atoms with Crippen LogP contribution in [0.2, 0.25) is 0 Å². The van der Waals surface area contributed by atoms with Gasteiger partial charge in [0.05, 0.1) is 16.7 Å². The molecule has 3 amide bonds. The molecule has 4 N–H and O–H groups in total. The highest BCUT2D eigenvalue weighted by Crippen LogP contribution is 2.12. The molecule has 2 aromatic carbocycles. The van der Waals surface area contributed by atoms with E-state index in [1.165, 1.54) is 31.3 Å². The average Bonchev–Trinajstić information content (AvgIpc) is 2.73. The van der Waals surface area contributed by atoms with E-state index in [0.717, 1.165) is 0 Å². The number of carbonyl (C=O) groups is 3. The maximum Gasteiger partial charge on any atom is 0.243 e. The van der Waals surface area contributed by atoms with Crippen molar-refractivity contribution in [1.29, 1.82) is 0 Å². The zero-order chi connectivity index (χ0) is 22.4. The Morgan fingerprint density at radius 2 is 1.65 bits per heavy atom. The molecule has 2 atom stereocenters. The lowest BCUT2D eigenvalue weighted by Crippen LogP contribution is -2.54. The minimum Gasteiger partial charge on any atom is -0.368 e. The first-order valence-corrected chi connectivity index (χ1v) is 9.64. The van der Waals surface area contributed by atoms with E-state index in [4.69, 9.17) is 5.73 Å². The van der Waals surface area contributed by atoms with Crippen molar-refractivity contribution in [1.82, 2.24) is 20.6 Å². The molecule has 0 saturated heterocycles. The summed E-state index contributed by atoms with van der Waals surface area (Å²) in [5.74, 6) is -2.39. The van der Waals surface area contributed by atoms with Gasteiger partial charge in [0.2, 0.25) is 17.7 Å². The molecule has 0 aliphatic heterocycles. The van der Waals surface area contributed by atoms with E-state index in [2.05, 4.69) is 20.6 Å². The Hall–Kier alpha value is -3.88. The third kappa shape index (κ3) is 5.81. The second kappa shape index (κ2) is 9.75. The maximum absolute atomic E-state index is 14.0. The van der Waals surface area contributed by atoms with Crippen LogP contribution >= 0.6 is 0 Å². The maximum atomic E-state index is 14.0. The third-order valence-electron chi connectivity index (χ3n) is 4.65. The molecule has 0 unspecified atom stereocenters. The Morgan fingerprint density at radius 1 is 0.968 bits per heavy atom. The summed E-state index contributed by atoms with van der Waals surface area (Å²) in [7, 11) is 0. The molecule has 160 valence electrons. The topological polar surface area (TPSA) is 127 Å². The van der Waals surface area contributed by atoms with Gasteiger partial charge in [-0.15, -0.1) is 0 Å². The lowest BCUT2D eigenvalue weighted by atomic mass is 10.0. The van der Waals surface area contributed by atoms with Crippen LogP contribution in [0, 0.1) is 5.82 Å². The Balaban J connectivity index is 1.76. The summed E-state index contributed by atoms with van der Waals surface area (Å²) in [6.45, 7) is 1.25. The van der Waals surface area contributed by atoms with Crippen molar-refractivity contribution in [2.24, 2.45) is 5.73 Å². The molecule has 0 radical (unpaired) electrons. The van der Waals surface area contributed by atoms with Crippen molar-refractivity contribution in [3.05, 3.63) is 71.8 Å². The highest BCUT2D eigenvalue weighted by atomic mass is 19.1. The summed E-state index contributed by atoms with van der Waals surface area (Å²) in [6, 6.07) is 11.0. The highest BCUT2D eigenvalue weighted by Gasteiger charge is 2.26. The number of nitrogens with two attached hydrogens (primary N) is 1. The number of benzene rings is 2. The van der Waals surface area contributed by atoms with E-state index < -0.39 is 35.6 Å². The van der Waals surface area contributed by atoms with Crippen LogP contribution < -0.4 is 16.4 Å². The normalized spacial score (nSPS) is 12.7. The second-order valence-electron chi connectivity index (χ2n) is 7.07. The summed E-state index contributed by atoms with van der Waals surface area (Å²) in [4.78, 5) is 45.1. The molecule has 0 saturated carbocycles. The van der Waals surface area contributed by atoms with Gasteiger partial charge in [-0.2, -0.15) is 0 Å². The molecule has 31 heavy (non-hydrogen) atoms. The van der Waals surface area contributed by atoms with Crippen molar-refractivity contribution < 1.29 is 18.8 Å². The number of fused-ring (bicyclic) bond motifs is 1. The highest BCUT2D eigenvalue weighted by molar-refractivity contribution is 5.91. The molecule has 9 heteroatoms. The number of primary amides is 1. The Bertz CT molecular complexity index is 1120. The number of aromatic nitrogens is 2. The number of hydrogen-bond acceptors (Lipinski definition) is 5. The number of nitrogens with zero attached hydrogens (tertiary/aromatic N) is 2. The average molecular weight is 423 g/mol. The van der Waals surface area contributed by atoms with Gasteiger partial charge < -0.3 is 16.4 Å². The van der Waals surface area contributed by atoms with Crippen molar-refractivity contribution >= 4 is 28.8 Å². The fourth-order valence-electron chi connectivity index (χ4n) is 3.14. The number of nitrogens with one attached hydrogen (secondary N) is 2. The minimum atomic E-state index is -1.08. The van der Waals surface area contributed by atoms with Gasteiger partial charge in [0.15, 0.2) is 0 Å². The molecule has 0 spiro atoms. The monoisotopic (exact) mass is 423 g/mol. The summed E-state index contributed by atoms with van der Waals surface area (Å²) in [5.41, 5.74) is 7.54. The smallest absolute Gasteiger partial charge is 0.243 e. The quantitative estimate of drug-likeness (QED) is 0.499. The van der Waals surface area contributed by atoms with Gasteiger partial charge in [-0.05, 0) is 23.8 Å². The predicted molar refractivity (Wildman–Crippen MR) is 112 cm³/mol. The molecule has 3 rings (SSSR count). The molecular weight excluding hydrogens is 401 g/mol. The number of rotatable bonds is 8. The lowest BCUT2D eigenvalue weighted by Gasteiger charge is -2.21. The lowest BCUT2D eigenvalue weighted by molar-refractivity contribution is -0.130. The van der Waals surface area contributed by atoms with Gasteiger partial charge in [-0.3, -0.25) is 19.4 Å². The number of carbonyl (C=O) groups excluding carboxylic acids is 3. The van der Waals surface area contributed by atoms with Gasteiger partial charge in [0, 0.05) is 26.0 Å². The van der Waals surface area contributed by atoms with Crippen LogP contribution in [0.4, 0.5) is 4.39 Å². The van der Waals surface area contributed by atoms with Gasteiger partial charge in [0.25, 0.3) is 0 Å². The van der Waals surface area contributed by atoms with Crippen LogP contribution in [-0.4, -0.2) is 39.8 Å². The molecule has 3 aromatic rings. The number of amides is 3. The molecule has 0 fully saturated rings. The summed E-state index contributed by atoms with van der Waals surface area (Å²) in [6.07, 6.45) is 1.44. The number of hydrogen-bond donors (Lipinski definition) is 3. The van der Waals surface area contributed by atoms with Crippen LogP contribution in [-0.2, 0) is 27.2 Å². The van der Waals surface area contributed by atoms with Crippen LogP contribution in [0.15, 0.2) is 54.7 Å². The van der Waals surface area contributed by atoms with E-state index in [1.54, 1.807) is 18.2 Å². The molecule has 1 heterocycles. The summed E-state index contributed by atoms with van der Waals surface area (Å²) >= 11 is 0. The van der Waals surface area contributed by atoms with E-state index in [-0.39, 0.29) is 18.4 Å². The first-order valence-electron chi connectivity index (χ1n) is 9.64. The van der Waals surface area contributed by atoms with Gasteiger partial charge in [-0.1, -0.05) is 30.3 Å². The first-order chi connectivity index (χ1) is 14.8. The van der Waals surface area contributed by atoms with Crippen LogP contribution in [0.1, 0.15) is 18.2 Å². The Kier molecular flexibility index (Phi) is 6.86. The first kappa shape index (κ1) is 21.8. The minimum absolute atomic E-state index is 0.0192. The van der Waals surface area contributed by atoms with E-state index in [9.17, 15) is 18.8 Å². The molecule has 8 nitrogen and oxygen atoms in total. The summed E-state index contributed by atoms with van der Waals surface area (Å²) in [5, 5.41) is 5.03. The SMILES string of the molecule is CC(=O)N[C@H](Cc1ccccc1F)C(=O)N[C@H](Cc1cnc2ccccc2n1)C(N)=O. The van der Waals surface area contributed by atoms with E-state index in [1.807, 2.05) is 12.1 Å². The molecule has 0 aliphatic carbocycles. The van der Waals surface area contributed by atoms with Gasteiger partial charge in [-0.25, -0.2) is 9.37 Å². The number of halogens is 1. The molecular formula is C22H22FN5O3. The summed E-state index contributed by atoms with van der Waals surface area (Å²) < 4.78 is 14.0. The van der Waals surface area contributed by atoms with Gasteiger partial charge in [0.1, 0.15) is 17.9 Å². The molecule has 1 aromatic heterocycles. The molecule has 0 aliphatic rings. The zero-order valence-corrected chi connectivity index (χ0v) is 16.8. The third-order valence-corrected chi connectivity index (χ3v) is 4.65. The van der Waals surface area contributed by atoms with Gasteiger partial charge >= 0.3 is 0 Å².